The van der Waals surface area contributed by atoms with Crippen molar-refractivity contribution in [3.63, 3.8) is 0 Å². The van der Waals surface area contributed by atoms with E-state index in [-0.39, 0.29) is 23.3 Å². The molecule has 1 saturated carbocycles. The van der Waals surface area contributed by atoms with Crippen molar-refractivity contribution in [2.75, 3.05) is 36.6 Å². The first-order valence-electron chi connectivity index (χ1n) is 13.2. The third-order valence-corrected chi connectivity index (χ3v) is 7.01. The number of carbonyl (C=O) groups is 2. The quantitative estimate of drug-likeness (QED) is 0.309. The zero-order valence-corrected chi connectivity index (χ0v) is 22.7. The van der Waals surface area contributed by atoms with Crippen LogP contribution in [-0.2, 0) is 11.0 Å². The lowest BCUT2D eigenvalue weighted by Gasteiger charge is -2.26. The number of hydrogen-bond donors (Lipinski definition) is 3. The van der Waals surface area contributed by atoms with Crippen LogP contribution in [0.25, 0.3) is 0 Å². The van der Waals surface area contributed by atoms with Crippen molar-refractivity contribution in [3.8, 4) is 0 Å². The molecule has 0 spiro atoms. The van der Waals surface area contributed by atoms with Crippen LogP contribution in [0.5, 0.6) is 0 Å². The summed E-state index contributed by atoms with van der Waals surface area (Å²) in [4.78, 5) is 27.5. The average molecular weight is 560 g/mol. The second-order valence-electron chi connectivity index (χ2n) is 10.5. The summed E-state index contributed by atoms with van der Waals surface area (Å²) in [6.07, 6.45) is 0.862. The SMILES string of the molecule is CC(C(=O)Nc1cc(NC(=O)Nc2c[n+](C3CCC(CN(C)C)CC3)no2)cc(C(F)(F)F)c1)c1ccccc1. The van der Waals surface area contributed by atoms with E-state index in [4.69, 9.17) is 4.52 Å². The lowest BCUT2D eigenvalue weighted by molar-refractivity contribution is -0.787. The molecule has 0 radical (unpaired) electrons. The summed E-state index contributed by atoms with van der Waals surface area (Å²) in [6.45, 7) is 2.69. The fourth-order valence-corrected chi connectivity index (χ4v) is 4.95. The van der Waals surface area contributed by atoms with Gasteiger partial charge in [-0.15, -0.1) is 0 Å². The number of nitrogens with one attached hydrogen (secondary N) is 3. The Labute approximate surface area is 230 Å². The number of rotatable bonds is 8. The van der Waals surface area contributed by atoms with Crippen LogP contribution in [0.15, 0.2) is 59.3 Å². The minimum atomic E-state index is -4.69. The Morgan fingerprint density at radius 3 is 2.30 bits per heavy atom. The van der Waals surface area contributed by atoms with E-state index >= 15 is 0 Å². The molecule has 9 nitrogen and oxygen atoms in total. The summed E-state index contributed by atoms with van der Waals surface area (Å²) in [5, 5.41) is 11.4. The molecule has 1 fully saturated rings. The normalized spacial score (nSPS) is 18.3. The van der Waals surface area contributed by atoms with E-state index in [9.17, 15) is 22.8 Å². The monoisotopic (exact) mass is 559 g/mol. The van der Waals surface area contributed by atoms with Crippen molar-refractivity contribution in [1.29, 1.82) is 0 Å². The minimum absolute atomic E-state index is 0.0603. The van der Waals surface area contributed by atoms with Gasteiger partial charge in [-0.25, -0.2) is 4.79 Å². The van der Waals surface area contributed by atoms with E-state index in [0.29, 0.717) is 5.92 Å². The molecular formula is C28H34F3N6O3+. The maximum absolute atomic E-state index is 13.6. The van der Waals surface area contributed by atoms with Gasteiger partial charge in [0.1, 0.15) is 0 Å². The molecule has 3 N–H and O–H groups in total. The second kappa shape index (κ2) is 12.5. The van der Waals surface area contributed by atoms with Crippen LogP contribution in [-0.4, -0.2) is 42.7 Å². The molecule has 1 aliphatic carbocycles. The van der Waals surface area contributed by atoms with Crippen molar-refractivity contribution in [1.82, 2.24) is 10.2 Å². The van der Waals surface area contributed by atoms with E-state index in [1.54, 1.807) is 48.1 Å². The summed E-state index contributed by atoms with van der Waals surface area (Å²) in [5.74, 6) is -0.393. The number of hydrogen-bond acceptors (Lipinski definition) is 5. The average Bonchev–Trinajstić information content (AvgIpc) is 3.36. The van der Waals surface area contributed by atoms with Crippen molar-refractivity contribution < 1.29 is 32.0 Å². The van der Waals surface area contributed by atoms with Crippen LogP contribution >= 0.6 is 0 Å². The first kappa shape index (κ1) is 29.1. The highest BCUT2D eigenvalue weighted by molar-refractivity contribution is 6.00. The number of amides is 3. The molecular weight excluding hydrogens is 525 g/mol. The Morgan fingerprint density at radius 2 is 1.68 bits per heavy atom. The molecule has 2 aromatic carbocycles. The van der Waals surface area contributed by atoms with Gasteiger partial charge in [0.05, 0.1) is 11.5 Å². The molecule has 0 aliphatic heterocycles. The van der Waals surface area contributed by atoms with Crippen LogP contribution in [0.4, 0.5) is 35.2 Å². The van der Waals surface area contributed by atoms with Gasteiger partial charge in [0, 0.05) is 30.8 Å². The zero-order chi connectivity index (χ0) is 28.9. The molecule has 12 heteroatoms. The second-order valence-corrected chi connectivity index (χ2v) is 10.5. The Balaban J connectivity index is 1.40. The number of halogens is 3. The minimum Gasteiger partial charge on any atom is -0.325 e. The lowest BCUT2D eigenvalue weighted by atomic mass is 9.86. The third kappa shape index (κ3) is 7.81. The molecule has 1 unspecified atom stereocenters. The summed E-state index contributed by atoms with van der Waals surface area (Å²) in [5.41, 5.74) is -0.548. The fourth-order valence-electron chi connectivity index (χ4n) is 4.95. The molecule has 3 aromatic rings. The zero-order valence-electron chi connectivity index (χ0n) is 22.7. The molecule has 3 amide bonds. The van der Waals surface area contributed by atoms with Gasteiger partial charge < -0.3 is 15.5 Å². The van der Waals surface area contributed by atoms with Crippen LogP contribution in [0.3, 0.4) is 0 Å². The summed E-state index contributed by atoms with van der Waals surface area (Å²) >= 11 is 0. The fraction of sp³-hybridized carbons (Fsp3) is 0.429. The van der Waals surface area contributed by atoms with Crippen LogP contribution in [0.2, 0.25) is 0 Å². The molecule has 40 heavy (non-hydrogen) atoms. The van der Waals surface area contributed by atoms with Crippen LogP contribution < -0.4 is 20.6 Å². The Morgan fingerprint density at radius 1 is 1.02 bits per heavy atom. The largest absolute Gasteiger partial charge is 0.416 e. The molecule has 1 aromatic heterocycles. The topological polar surface area (TPSA) is 103 Å². The van der Waals surface area contributed by atoms with E-state index in [2.05, 4.69) is 40.2 Å². The highest BCUT2D eigenvalue weighted by Crippen LogP contribution is 2.34. The highest BCUT2D eigenvalue weighted by Gasteiger charge is 2.33. The molecule has 214 valence electrons. The van der Waals surface area contributed by atoms with Crippen molar-refractivity contribution >= 4 is 29.2 Å². The third-order valence-electron chi connectivity index (χ3n) is 7.01. The number of nitrogens with zero attached hydrogens (tertiary/aromatic N) is 3. The van der Waals surface area contributed by atoms with Crippen molar-refractivity contribution in [2.24, 2.45) is 5.92 Å². The van der Waals surface area contributed by atoms with E-state index in [0.717, 1.165) is 49.9 Å². The summed E-state index contributed by atoms with van der Waals surface area (Å²) in [7, 11) is 4.12. The molecule has 1 atom stereocenters. The Kier molecular flexibility index (Phi) is 9.08. The summed E-state index contributed by atoms with van der Waals surface area (Å²) in [6, 6.07) is 11.1. The lowest BCUT2D eigenvalue weighted by Crippen LogP contribution is -2.43. The van der Waals surface area contributed by atoms with E-state index < -0.39 is 29.6 Å². The number of benzene rings is 2. The van der Waals surface area contributed by atoms with Gasteiger partial charge in [-0.1, -0.05) is 30.3 Å². The number of urea groups is 1. The maximum Gasteiger partial charge on any atom is 0.416 e. The van der Waals surface area contributed by atoms with Gasteiger partial charge in [-0.2, -0.15) is 13.2 Å². The Bertz CT molecular complexity index is 1300. The standard InChI is InChI=1S/C28H33F3N6O3/c1-18(20-7-5-4-6-8-20)26(38)32-22-13-21(28(29,30)31)14-23(15-22)33-27(39)34-25-17-37(35-40-25)24-11-9-19(10-12-24)16-36(2)3/h4-8,13-15,17-19,24H,9-12,16H2,1-3H3,(H2-,32,33,34,35,38,39)/p+1. The van der Waals surface area contributed by atoms with Crippen molar-refractivity contribution in [3.05, 3.63) is 65.9 Å². The first-order chi connectivity index (χ1) is 19.0. The number of anilines is 3. The van der Waals surface area contributed by atoms with E-state index in [1.807, 2.05) is 0 Å². The maximum atomic E-state index is 13.6. The molecule has 0 saturated heterocycles. The first-order valence-corrected chi connectivity index (χ1v) is 13.2. The predicted molar refractivity (Wildman–Crippen MR) is 144 cm³/mol. The molecule has 0 bridgehead atoms. The van der Waals surface area contributed by atoms with Gasteiger partial charge in [-0.3, -0.25) is 14.6 Å². The highest BCUT2D eigenvalue weighted by atomic mass is 19.4. The van der Waals surface area contributed by atoms with Gasteiger partial charge in [-0.05, 0) is 68.2 Å². The molecule has 1 aliphatic rings. The van der Waals surface area contributed by atoms with Gasteiger partial charge in [0.2, 0.25) is 11.2 Å². The Hall–Kier alpha value is -3.93. The van der Waals surface area contributed by atoms with Gasteiger partial charge in [0.15, 0.2) is 6.04 Å². The molecule has 4 rings (SSSR count). The predicted octanol–water partition coefficient (Wildman–Crippen LogP) is 5.66. The summed E-state index contributed by atoms with van der Waals surface area (Å²) < 4.78 is 47.7. The smallest absolute Gasteiger partial charge is 0.325 e. The van der Waals surface area contributed by atoms with Crippen LogP contribution in [0.1, 0.15) is 55.7 Å². The van der Waals surface area contributed by atoms with Gasteiger partial charge in [0.25, 0.3) is 6.20 Å². The van der Waals surface area contributed by atoms with Gasteiger partial charge >= 0.3 is 18.1 Å². The number of carbonyl (C=O) groups excluding carboxylic acids is 2. The molecule has 1 heterocycles. The van der Waals surface area contributed by atoms with Crippen molar-refractivity contribution in [2.45, 2.75) is 50.7 Å². The number of alkyl halides is 3. The van der Waals surface area contributed by atoms with E-state index in [1.165, 1.54) is 6.07 Å². The number of aromatic nitrogens is 2. The van der Waals surface area contributed by atoms with Crippen LogP contribution in [0, 0.1) is 5.92 Å².